The highest BCUT2D eigenvalue weighted by molar-refractivity contribution is 7.89. The van der Waals surface area contributed by atoms with Crippen molar-refractivity contribution in [2.45, 2.75) is 29.7 Å². The van der Waals surface area contributed by atoms with E-state index in [1.54, 1.807) is 31.3 Å². The summed E-state index contributed by atoms with van der Waals surface area (Å²) in [6.45, 7) is 1.15. The Hall–Kier alpha value is -2.45. The molecule has 1 aliphatic carbocycles. The molecule has 27 heavy (non-hydrogen) atoms. The molecule has 0 amide bonds. The number of hydrogen-bond acceptors (Lipinski definition) is 3. The van der Waals surface area contributed by atoms with Gasteiger partial charge in [0.05, 0.1) is 4.90 Å². The molecule has 1 saturated carbocycles. The first-order valence-corrected chi connectivity index (χ1v) is 10.2. The summed E-state index contributed by atoms with van der Waals surface area (Å²) < 4.78 is 36.1. The van der Waals surface area contributed by atoms with E-state index in [-0.39, 0.29) is 16.1 Å². The number of guanidine groups is 1. The SMILES string of the molecule is CN=C(NCc1ccc(S(N)(=O)=O)cc1)NCC1(c2cccc(F)c2)CC1. The third kappa shape index (κ3) is 4.84. The Morgan fingerprint density at radius 1 is 1.19 bits per heavy atom. The zero-order valence-corrected chi connectivity index (χ0v) is 15.9. The average Bonchev–Trinajstić information content (AvgIpc) is 3.43. The summed E-state index contributed by atoms with van der Waals surface area (Å²) in [4.78, 5) is 4.29. The topological polar surface area (TPSA) is 96.6 Å². The first-order chi connectivity index (χ1) is 12.8. The van der Waals surface area contributed by atoms with Crippen LogP contribution in [0.25, 0.3) is 0 Å². The molecule has 6 nitrogen and oxygen atoms in total. The van der Waals surface area contributed by atoms with Crippen LogP contribution in [0.15, 0.2) is 58.4 Å². The molecule has 0 atom stereocenters. The monoisotopic (exact) mass is 390 g/mol. The van der Waals surface area contributed by atoms with Gasteiger partial charge >= 0.3 is 0 Å². The van der Waals surface area contributed by atoms with E-state index in [4.69, 9.17) is 5.14 Å². The molecular weight excluding hydrogens is 367 g/mol. The minimum Gasteiger partial charge on any atom is -0.356 e. The third-order valence-corrected chi connectivity index (χ3v) is 5.75. The van der Waals surface area contributed by atoms with Crippen LogP contribution in [0.4, 0.5) is 4.39 Å². The van der Waals surface area contributed by atoms with E-state index in [2.05, 4.69) is 15.6 Å². The molecule has 2 aromatic rings. The molecule has 8 heteroatoms. The number of aliphatic imine (C=N–C) groups is 1. The van der Waals surface area contributed by atoms with Gasteiger partial charge < -0.3 is 10.6 Å². The summed E-state index contributed by atoms with van der Waals surface area (Å²) in [7, 11) is -2.00. The summed E-state index contributed by atoms with van der Waals surface area (Å²) in [5.41, 5.74) is 1.86. The first kappa shape index (κ1) is 19.3. The predicted molar refractivity (Wildman–Crippen MR) is 103 cm³/mol. The molecule has 0 aromatic heterocycles. The average molecular weight is 390 g/mol. The number of hydrogen-bond donors (Lipinski definition) is 3. The van der Waals surface area contributed by atoms with Gasteiger partial charge in [-0.05, 0) is 48.2 Å². The normalized spacial score (nSPS) is 16.0. The fraction of sp³-hybridized carbons (Fsp3) is 0.316. The van der Waals surface area contributed by atoms with Gasteiger partial charge in [-0.15, -0.1) is 0 Å². The number of rotatable bonds is 6. The largest absolute Gasteiger partial charge is 0.356 e. The zero-order chi connectivity index (χ0) is 19.5. The lowest BCUT2D eigenvalue weighted by Gasteiger charge is -2.19. The van der Waals surface area contributed by atoms with Gasteiger partial charge in [0.1, 0.15) is 5.82 Å². The molecule has 2 aromatic carbocycles. The van der Waals surface area contributed by atoms with Crippen LogP contribution >= 0.6 is 0 Å². The van der Waals surface area contributed by atoms with Crippen LogP contribution in [-0.4, -0.2) is 28.0 Å². The Bertz CT molecular complexity index is 938. The molecule has 0 unspecified atom stereocenters. The maximum absolute atomic E-state index is 13.5. The zero-order valence-electron chi connectivity index (χ0n) is 15.1. The Morgan fingerprint density at radius 2 is 1.89 bits per heavy atom. The van der Waals surface area contributed by atoms with E-state index in [1.807, 2.05) is 6.07 Å². The molecule has 4 N–H and O–H groups in total. The lowest BCUT2D eigenvalue weighted by molar-refractivity contribution is 0.597. The molecular formula is C19H23FN4O2S. The van der Waals surface area contributed by atoms with Crippen LogP contribution in [0.1, 0.15) is 24.0 Å². The van der Waals surface area contributed by atoms with Gasteiger partial charge in [-0.2, -0.15) is 0 Å². The Kier molecular flexibility index (Phi) is 5.48. The first-order valence-electron chi connectivity index (χ1n) is 8.65. The van der Waals surface area contributed by atoms with Crippen molar-refractivity contribution in [2.24, 2.45) is 10.1 Å². The van der Waals surface area contributed by atoms with Crippen LogP contribution in [-0.2, 0) is 22.0 Å². The van der Waals surface area contributed by atoms with Crippen LogP contribution in [0.5, 0.6) is 0 Å². The number of nitrogens with two attached hydrogens (primary N) is 1. The minimum absolute atomic E-state index is 0.0448. The smallest absolute Gasteiger partial charge is 0.238 e. The molecule has 0 aliphatic heterocycles. The van der Waals surface area contributed by atoms with Gasteiger partial charge in [0.2, 0.25) is 10.0 Å². The lowest BCUT2D eigenvalue weighted by Crippen LogP contribution is -2.40. The van der Waals surface area contributed by atoms with E-state index in [0.29, 0.717) is 19.0 Å². The summed E-state index contributed by atoms with van der Waals surface area (Å²) in [6.07, 6.45) is 2.02. The number of sulfonamides is 1. The Labute approximate surface area is 158 Å². The summed E-state index contributed by atoms with van der Waals surface area (Å²) >= 11 is 0. The van der Waals surface area contributed by atoms with Crippen molar-refractivity contribution in [1.82, 2.24) is 10.6 Å². The number of halogens is 1. The molecule has 0 bridgehead atoms. The standard InChI is InChI=1S/C19H23FN4O2S/c1-22-18(23-12-14-5-7-17(8-6-14)27(21,25)26)24-13-19(9-10-19)15-3-2-4-16(20)11-15/h2-8,11H,9-10,12-13H2,1H3,(H2,21,25,26)(H2,22,23,24). The number of nitrogens with zero attached hydrogens (tertiary/aromatic N) is 1. The van der Waals surface area contributed by atoms with Gasteiger partial charge in [0, 0.05) is 25.6 Å². The van der Waals surface area contributed by atoms with Crippen molar-refractivity contribution < 1.29 is 12.8 Å². The van der Waals surface area contributed by atoms with Crippen molar-refractivity contribution in [2.75, 3.05) is 13.6 Å². The number of primary sulfonamides is 1. The van der Waals surface area contributed by atoms with Gasteiger partial charge in [-0.25, -0.2) is 17.9 Å². The summed E-state index contributed by atoms with van der Waals surface area (Å²) in [6, 6.07) is 13.1. The molecule has 0 spiro atoms. The predicted octanol–water partition coefficient (Wildman–Crippen LogP) is 1.87. The third-order valence-electron chi connectivity index (χ3n) is 4.82. The highest BCUT2D eigenvalue weighted by Crippen LogP contribution is 2.47. The molecule has 0 heterocycles. The highest BCUT2D eigenvalue weighted by atomic mass is 32.2. The van der Waals surface area contributed by atoms with E-state index in [1.165, 1.54) is 18.2 Å². The minimum atomic E-state index is -3.69. The maximum Gasteiger partial charge on any atom is 0.238 e. The molecule has 0 saturated heterocycles. The highest BCUT2D eigenvalue weighted by Gasteiger charge is 2.44. The summed E-state index contributed by atoms with van der Waals surface area (Å²) in [5.74, 6) is 0.414. The number of nitrogens with one attached hydrogen (secondary N) is 2. The second kappa shape index (κ2) is 7.66. The van der Waals surface area contributed by atoms with Gasteiger partial charge in [-0.3, -0.25) is 4.99 Å². The van der Waals surface area contributed by atoms with Crippen molar-refractivity contribution in [1.29, 1.82) is 0 Å². The molecule has 1 aliphatic rings. The van der Waals surface area contributed by atoms with Crippen molar-refractivity contribution in [3.05, 3.63) is 65.5 Å². The van der Waals surface area contributed by atoms with Gasteiger partial charge in [0.15, 0.2) is 5.96 Å². The van der Waals surface area contributed by atoms with E-state index >= 15 is 0 Å². The number of benzene rings is 2. The van der Waals surface area contributed by atoms with E-state index < -0.39 is 10.0 Å². The fourth-order valence-electron chi connectivity index (χ4n) is 2.99. The second-order valence-electron chi connectivity index (χ2n) is 6.76. The Morgan fingerprint density at radius 3 is 2.44 bits per heavy atom. The molecule has 3 rings (SSSR count). The van der Waals surface area contributed by atoms with Crippen LogP contribution in [0.2, 0.25) is 0 Å². The van der Waals surface area contributed by atoms with Crippen LogP contribution < -0.4 is 15.8 Å². The van der Waals surface area contributed by atoms with Crippen LogP contribution in [0, 0.1) is 5.82 Å². The van der Waals surface area contributed by atoms with Gasteiger partial charge in [0.25, 0.3) is 0 Å². The van der Waals surface area contributed by atoms with Crippen molar-refractivity contribution in [3.8, 4) is 0 Å². The fourth-order valence-corrected chi connectivity index (χ4v) is 3.51. The Balaban J connectivity index is 1.56. The molecule has 0 radical (unpaired) electrons. The van der Waals surface area contributed by atoms with Gasteiger partial charge in [-0.1, -0.05) is 24.3 Å². The molecule has 144 valence electrons. The molecule has 1 fully saturated rings. The van der Waals surface area contributed by atoms with E-state index in [9.17, 15) is 12.8 Å². The quantitative estimate of drug-likeness (QED) is 0.518. The maximum atomic E-state index is 13.5. The summed E-state index contributed by atoms with van der Waals surface area (Å²) in [5, 5.41) is 11.6. The lowest BCUT2D eigenvalue weighted by atomic mass is 9.96. The second-order valence-corrected chi connectivity index (χ2v) is 8.32. The van der Waals surface area contributed by atoms with E-state index in [0.717, 1.165) is 24.0 Å². The van der Waals surface area contributed by atoms with Crippen LogP contribution in [0.3, 0.4) is 0 Å². The van der Waals surface area contributed by atoms with Crippen molar-refractivity contribution >= 4 is 16.0 Å². The van der Waals surface area contributed by atoms with Crippen molar-refractivity contribution in [3.63, 3.8) is 0 Å².